The molecule has 5 nitrogen and oxygen atoms in total. The Labute approximate surface area is 167 Å². The van der Waals surface area contributed by atoms with E-state index >= 15 is 0 Å². The minimum Gasteiger partial charge on any atom is -0.466 e. The van der Waals surface area contributed by atoms with Crippen LogP contribution in [0.2, 0.25) is 0 Å². The number of hydrogen-bond acceptors (Lipinski definition) is 5. The molecule has 0 radical (unpaired) electrons. The molecule has 0 aromatic carbocycles. The number of carbonyl (C=O) groups excluding carboxylic acids is 1. The van der Waals surface area contributed by atoms with Crippen molar-refractivity contribution in [3.05, 3.63) is 16.7 Å². The Bertz CT molecular complexity index is 532. The highest BCUT2D eigenvalue weighted by molar-refractivity contribution is 9.10. The lowest BCUT2D eigenvalue weighted by Gasteiger charge is -2.33. The fourth-order valence-corrected chi connectivity index (χ4v) is 3.35. The molecule has 1 N–H and O–H groups in total. The van der Waals surface area contributed by atoms with Crippen molar-refractivity contribution in [2.45, 2.75) is 59.8 Å². The highest BCUT2D eigenvalue weighted by Crippen LogP contribution is 2.31. The van der Waals surface area contributed by atoms with Gasteiger partial charge >= 0.3 is 5.97 Å². The van der Waals surface area contributed by atoms with Gasteiger partial charge in [0.2, 0.25) is 0 Å². The maximum atomic E-state index is 11.6. The van der Waals surface area contributed by atoms with Crippen LogP contribution in [0.5, 0.6) is 0 Å². The molecular weight excluding hydrogens is 394 g/mol. The van der Waals surface area contributed by atoms with Crippen LogP contribution in [0.1, 0.15) is 59.8 Å². The zero-order valence-corrected chi connectivity index (χ0v) is 18.3. The van der Waals surface area contributed by atoms with E-state index in [0.29, 0.717) is 18.9 Å². The van der Waals surface area contributed by atoms with Crippen LogP contribution in [0.3, 0.4) is 0 Å². The summed E-state index contributed by atoms with van der Waals surface area (Å²) < 4.78 is 6.05. The second kappa shape index (κ2) is 13.0. The zero-order valence-electron chi connectivity index (χ0n) is 16.7. The Balaban J connectivity index is 0.00000163. The molecule has 1 aliphatic rings. The summed E-state index contributed by atoms with van der Waals surface area (Å²) in [4.78, 5) is 18.6. The monoisotopic (exact) mass is 427 g/mol. The van der Waals surface area contributed by atoms with Gasteiger partial charge in [-0.05, 0) is 54.1 Å². The molecule has 0 bridgehead atoms. The summed E-state index contributed by atoms with van der Waals surface area (Å²) in [6.45, 7) is 11.3. The molecule has 2 rings (SSSR count). The molecule has 0 saturated carbocycles. The van der Waals surface area contributed by atoms with Crippen molar-refractivity contribution in [2.75, 3.05) is 36.5 Å². The van der Waals surface area contributed by atoms with Gasteiger partial charge in [-0.3, -0.25) is 4.79 Å². The first-order chi connectivity index (χ1) is 12.6. The molecule has 148 valence electrons. The molecule has 6 heteroatoms. The van der Waals surface area contributed by atoms with Crippen LogP contribution in [-0.2, 0) is 9.53 Å². The van der Waals surface area contributed by atoms with Crippen molar-refractivity contribution in [2.24, 2.45) is 5.92 Å². The number of nitrogens with one attached hydrogen (secondary N) is 1. The maximum absolute atomic E-state index is 11.6. The highest BCUT2D eigenvalue weighted by atomic mass is 79.9. The van der Waals surface area contributed by atoms with Gasteiger partial charge in [-0.15, -0.1) is 0 Å². The topological polar surface area (TPSA) is 54.5 Å². The molecule has 0 spiro atoms. The van der Waals surface area contributed by atoms with Gasteiger partial charge in [0.1, 0.15) is 0 Å². The van der Waals surface area contributed by atoms with Crippen molar-refractivity contribution in [1.82, 2.24) is 4.98 Å². The lowest BCUT2D eigenvalue weighted by molar-refractivity contribution is -0.144. The lowest BCUT2D eigenvalue weighted by atomic mass is 9.93. The van der Waals surface area contributed by atoms with Gasteiger partial charge in [0.15, 0.2) is 5.82 Å². The molecule has 0 amide bonds. The van der Waals surface area contributed by atoms with Crippen LogP contribution in [0.25, 0.3) is 0 Å². The number of carbonyl (C=O) groups is 1. The summed E-state index contributed by atoms with van der Waals surface area (Å²) >= 11 is 3.51. The third-order valence-electron chi connectivity index (χ3n) is 4.35. The van der Waals surface area contributed by atoms with Crippen LogP contribution in [0.15, 0.2) is 16.7 Å². The first-order valence-electron chi connectivity index (χ1n) is 9.94. The molecule has 0 atom stereocenters. The van der Waals surface area contributed by atoms with Crippen LogP contribution in [0.4, 0.5) is 11.5 Å². The Morgan fingerprint density at radius 3 is 2.65 bits per heavy atom. The fourth-order valence-electron chi connectivity index (χ4n) is 3.02. The van der Waals surface area contributed by atoms with Gasteiger partial charge in [-0.1, -0.05) is 27.2 Å². The molecule has 2 heterocycles. The van der Waals surface area contributed by atoms with E-state index in [1.807, 2.05) is 27.0 Å². The maximum Gasteiger partial charge on any atom is 0.306 e. The van der Waals surface area contributed by atoms with Gasteiger partial charge in [-0.2, -0.15) is 0 Å². The SMILES string of the molecule is CC.CCCCNc1cc(Br)cnc1N1CCC(CC(=O)OCC)CC1. The molecule has 1 aliphatic heterocycles. The van der Waals surface area contributed by atoms with E-state index in [0.717, 1.165) is 54.9 Å². The largest absolute Gasteiger partial charge is 0.466 e. The van der Waals surface area contributed by atoms with Gasteiger partial charge in [0, 0.05) is 36.7 Å². The van der Waals surface area contributed by atoms with Crippen molar-refractivity contribution in [3.63, 3.8) is 0 Å². The molecule has 1 fully saturated rings. The number of piperidine rings is 1. The third kappa shape index (κ3) is 7.52. The minimum absolute atomic E-state index is 0.0698. The number of nitrogens with zero attached hydrogens (tertiary/aromatic N) is 2. The molecule has 26 heavy (non-hydrogen) atoms. The molecule has 0 aliphatic carbocycles. The van der Waals surface area contributed by atoms with E-state index in [9.17, 15) is 4.79 Å². The van der Waals surface area contributed by atoms with Crippen molar-refractivity contribution >= 4 is 33.4 Å². The average molecular weight is 428 g/mol. The predicted molar refractivity (Wildman–Crippen MR) is 113 cm³/mol. The second-order valence-corrected chi connectivity index (χ2v) is 7.16. The van der Waals surface area contributed by atoms with E-state index < -0.39 is 0 Å². The fraction of sp³-hybridized carbons (Fsp3) is 0.700. The van der Waals surface area contributed by atoms with Crippen LogP contribution >= 0.6 is 15.9 Å². The van der Waals surface area contributed by atoms with Crippen molar-refractivity contribution in [1.29, 1.82) is 0 Å². The minimum atomic E-state index is -0.0698. The molecule has 1 aromatic heterocycles. The summed E-state index contributed by atoms with van der Waals surface area (Å²) in [5, 5.41) is 3.50. The molecule has 1 saturated heterocycles. The first kappa shape index (κ1) is 22.7. The summed E-state index contributed by atoms with van der Waals surface area (Å²) in [7, 11) is 0. The van der Waals surface area contributed by atoms with Gasteiger partial charge in [0.05, 0.1) is 12.3 Å². The van der Waals surface area contributed by atoms with E-state index in [-0.39, 0.29) is 5.97 Å². The Morgan fingerprint density at radius 1 is 1.35 bits per heavy atom. The van der Waals surface area contributed by atoms with Crippen LogP contribution < -0.4 is 10.2 Å². The Morgan fingerprint density at radius 2 is 2.04 bits per heavy atom. The normalized spacial score (nSPS) is 14.4. The third-order valence-corrected chi connectivity index (χ3v) is 4.79. The number of aromatic nitrogens is 1. The van der Waals surface area contributed by atoms with Crippen molar-refractivity contribution < 1.29 is 9.53 Å². The summed E-state index contributed by atoms with van der Waals surface area (Å²) in [5.74, 6) is 1.37. The summed E-state index contributed by atoms with van der Waals surface area (Å²) in [6, 6.07) is 2.10. The summed E-state index contributed by atoms with van der Waals surface area (Å²) in [5.41, 5.74) is 1.08. The quantitative estimate of drug-likeness (QED) is 0.453. The first-order valence-corrected chi connectivity index (χ1v) is 10.7. The molecule has 1 aromatic rings. The standard InChI is InChI=1S/C18H28BrN3O2.C2H6/c1-3-5-8-20-16-12-15(19)13-21-18(16)22-9-6-14(7-10-22)11-17(23)24-4-2;1-2/h12-14,20H,3-11H2,1-2H3;1-2H3. The number of hydrogen-bond donors (Lipinski definition) is 1. The van der Waals surface area contributed by atoms with Crippen LogP contribution in [-0.4, -0.2) is 37.2 Å². The lowest BCUT2D eigenvalue weighted by Crippen LogP contribution is -2.35. The second-order valence-electron chi connectivity index (χ2n) is 6.24. The summed E-state index contributed by atoms with van der Waals surface area (Å²) in [6.07, 6.45) is 6.72. The number of anilines is 2. The zero-order chi connectivity index (χ0) is 19.4. The number of halogens is 1. The van der Waals surface area contributed by atoms with Gasteiger partial charge in [-0.25, -0.2) is 4.98 Å². The van der Waals surface area contributed by atoms with E-state index in [4.69, 9.17) is 4.74 Å². The number of ether oxygens (including phenoxy) is 1. The number of unbranched alkanes of at least 4 members (excludes halogenated alkanes) is 1. The average Bonchev–Trinajstić information content (AvgIpc) is 2.65. The number of esters is 1. The number of rotatable bonds is 8. The Hall–Kier alpha value is -1.30. The van der Waals surface area contributed by atoms with E-state index in [1.165, 1.54) is 6.42 Å². The van der Waals surface area contributed by atoms with Crippen LogP contribution in [0, 0.1) is 5.92 Å². The number of pyridine rings is 1. The van der Waals surface area contributed by atoms with Gasteiger partial charge < -0.3 is 15.0 Å². The predicted octanol–water partition coefficient (Wildman–Crippen LogP) is 5.25. The molecule has 0 unspecified atom stereocenters. The van der Waals surface area contributed by atoms with E-state index in [1.54, 1.807) is 0 Å². The smallest absolute Gasteiger partial charge is 0.306 e. The van der Waals surface area contributed by atoms with Crippen molar-refractivity contribution in [3.8, 4) is 0 Å². The highest BCUT2D eigenvalue weighted by Gasteiger charge is 2.24. The van der Waals surface area contributed by atoms with Gasteiger partial charge in [0.25, 0.3) is 0 Å². The molecular formula is C20H34BrN3O2. The Kier molecular flexibility index (Phi) is 11.3. The van der Waals surface area contributed by atoms with E-state index in [2.05, 4.69) is 44.1 Å².